The smallest absolute Gasteiger partial charge is 0.207 e. The summed E-state index contributed by atoms with van der Waals surface area (Å²) in [5, 5.41) is 0. The maximum atomic E-state index is 13.0. The molecule has 0 amide bonds. The van der Waals surface area contributed by atoms with Crippen LogP contribution in [0.2, 0.25) is 0 Å². The quantitative estimate of drug-likeness (QED) is 0.856. The number of nitrogens with one attached hydrogen (secondary N) is 1. The van der Waals surface area contributed by atoms with Crippen LogP contribution in [0.1, 0.15) is 16.7 Å². The summed E-state index contributed by atoms with van der Waals surface area (Å²) in [7, 11) is -3.68. The van der Waals surface area contributed by atoms with E-state index in [1.54, 1.807) is 6.92 Å². The maximum absolute atomic E-state index is 13.0. The molecule has 0 aliphatic rings. The Morgan fingerprint density at radius 3 is 2.52 bits per heavy atom. The van der Waals surface area contributed by atoms with E-state index in [2.05, 4.69) is 4.72 Å². The lowest BCUT2D eigenvalue weighted by Gasteiger charge is -2.10. The third-order valence-electron chi connectivity index (χ3n) is 3.04. The van der Waals surface area contributed by atoms with Crippen molar-refractivity contribution in [2.24, 2.45) is 0 Å². The predicted molar refractivity (Wildman–Crippen MR) is 81.2 cm³/mol. The second-order valence-electron chi connectivity index (χ2n) is 4.69. The number of aryl methyl sites for hydroxylation is 1. The highest BCUT2D eigenvalue weighted by Crippen LogP contribution is 2.16. The van der Waals surface area contributed by atoms with Gasteiger partial charge in [-0.05, 0) is 41.8 Å². The molecule has 0 heterocycles. The first-order chi connectivity index (χ1) is 9.92. The highest BCUT2D eigenvalue weighted by atomic mass is 35.5. The molecule has 21 heavy (non-hydrogen) atoms. The normalized spacial score (nSPS) is 11.6. The van der Waals surface area contributed by atoms with E-state index in [0.717, 1.165) is 17.2 Å². The number of halogens is 2. The van der Waals surface area contributed by atoms with Crippen molar-refractivity contribution in [1.29, 1.82) is 0 Å². The van der Waals surface area contributed by atoms with Crippen LogP contribution in [-0.2, 0) is 22.4 Å². The number of alkyl halides is 1. The Morgan fingerprint density at radius 2 is 1.86 bits per heavy atom. The Kier molecular flexibility index (Phi) is 4.98. The van der Waals surface area contributed by atoms with E-state index in [9.17, 15) is 12.8 Å². The molecule has 3 nitrogen and oxygen atoms in total. The fraction of sp³-hybridized carbons (Fsp3) is 0.200. The van der Waals surface area contributed by atoms with Crippen molar-refractivity contribution >= 4 is 21.6 Å². The molecular weight excluding hydrogens is 313 g/mol. The van der Waals surface area contributed by atoms with Gasteiger partial charge in [0.2, 0.25) is 10.0 Å². The molecule has 0 fully saturated rings. The molecule has 0 aliphatic carbocycles. The van der Waals surface area contributed by atoms with Crippen molar-refractivity contribution in [3.63, 3.8) is 0 Å². The first-order valence-corrected chi connectivity index (χ1v) is 8.34. The fourth-order valence-corrected chi connectivity index (χ4v) is 3.40. The van der Waals surface area contributed by atoms with E-state index in [1.165, 1.54) is 12.1 Å². The zero-order chi connectivity index (χ0) is 15.5. The molecule has 6 heteroatoms. The van der Waals surface area contributed by atoms with Crippen LogP contribution in [0.25, 0.3) is 0 Å². The maximum Gasteiger partial charge on any atom is 0.241 e. The Balaban J connectivity index is 2.17. The van der Waals surface area contributed by atoms with Crippen molar-refractivity contribution in [3.05, 3.63) is 65.0 Å². The Bertz CT molecular complexity index is 747. The van der Waals surface area contributed by atoms with Gasteiger partial charge >= 0.3 is 0 Å². The molecule has 0 atom stereocenters. The molecule has 112 valence electrons. The molecule has 0 saturated carbocycles. The molecule has 2 rings (SSSR count). The van der Waals surface area contributed by atoms with Gasteiger partial charge in [0.1, 0.15) is 5.82 Å². The highest BCUT2D eigenvalue weighted by molar-refractivity contribution is 7.89. The summed E-state index contributed by atoms with van der Waals surface area (Å²) >= 11 is 5.75. The van der Waals surface area contributed by atoms with Gasteiger partial charge in [0, 0.05) is 12.4 Å². The van der Waals surface area contributed by atoms with Crippen LogP contribution in [0.4, 0.5) is 4.39 Å². The van der Waals surface area contributed by atoms with Gasteiger partial charge in [0.25, 0.3) is 0 Å². The topological polar surface area (TPSA) is 46.2 Å². The SMILES string of the molecule is Cc1cc(F)ccc1S(=O)(=O)NCc1cccc(CCl)c1. The summed E-state index contributed by atoms with van der Waals surface area (Å²) in [5.74, 6) is -0.0845. The minimum atomic E-state index is -3.68. The van der Waals surface area contributed by atoms with Gasteiger partial charge in [0.05, 0.1) is 4.90 Å². The molecule has 0 aliphatic heterocycles. The van der Waals surface area contributed by atoms with Gasteiger partial charge in [-0.2, -0.15) is 0 Å². The molecule has 1 N–H and O–H groups in total. The summed E-state index contributed by atoms with van der Waals surface area (Å²) in [6.07, 6.45) is 0. The fourth-order valence-electron chi connectivity index (χ4n) is 1.99. The summed E-state index contributed by atoms with van der Waals surface area (Å²) in [6.45, 7) is 1.72. The van der Waals surface area contributed by atoms with Gasteiger partial charge in [0.15, 0.2) is 0 Å². The lowest BCUT2D eigenvalue weighted by molar-refractivity contribution is 0.579. The van der Waals surface area contributed by atoms with Gasteiger partial charge in [-0.25, -0.2) is 17.5 Å². The molecule has 0 aromatic heterocycles. The standard InChI is InChI=1S/C15H15ClFNO2S/c1-11-7-14(17)5-6-15(11)21(19,20)18-10-13-4-2-3-12(8-13)9-16/h2-8,18H,9-10H2,1H3. The summed E-state index contributed by atoms with van der Waals surface area (Å²) in [6, 6.07) is 10.9. The van der Waals surface area contributed by atoms with Gasteiger partial charge in [-0.3, -0.25) is 0 Å². The molecule has 2 aromatic rings. The summed E-state index contributed by atoms with van der Waals surface area (Å²) in [5.41, 5.74) is 2.11. The summed E-state index contributed by atoms with van der Waals surface area (Å²) in [4.78, 5) is 0.0809. The average Bonchev–Trinajstić information content (AvgIpc) is 2.45. The summed E-state index contributed by atoms with van der Waals surface area (Å²) < 4.78 is 40.0. The number of hydrogen-bond donors (Lipinski definition) is 1. The Hall–Kier alpha value is -1.43. The first kappa shape index (κ1) is 15.9. The van der Waals surface area contributed by atoms with E-state index in [1.807, 2.05) is 24.3 Å². The van der Waals surface area contributed by atoms with Crippen LogP contribution < -0.4 is 4.72 Å². The molecular formula is C15H15ClFNO2S. The lowest BCUT2D eigenvalue weighted by Crippen LogP contribution is -2.24. The van der Waals surface area contributed by atoms with Crippen molar-refractivity contribution in [3.8, 4) is 0 Å². The van der Waals surface area contributed by atoms with Gasteiger partial charge in [-0.15, -0.1) is 11.6 Å². The van der Waals surface area contributed by atoms with E-state index in [-0.39, 0.29) is 11.4 Å². The first-order valence-electron chi connectivity index (χ1n) is 6.32. The lowest BCUT2D eigenvalue weighted by atomic mass is 10.1. The van der Waals surface area contributed by atoms with Crippen molar-refractivity contribution in [2.75, 3.05) is 0 Å². The third-order valence-corrected chi connectivity index (χ3v) is 4.91. The highest BCUT2D eigenvalue weighted by Gasteiger charge is 2.16. The van der Waals surface area contributed by atoms with Crippen molar-refractivity contribution in [2.45, 2.75) is 24.2 Å². The van der Waals surface area contributed by atoms with Crippen LogP contribution in [-0.4, -0.2) is 8.42 Å². The predicted octanol–water partition coefficient (Wildman–Crippen LogP) is 3.35. The zero-order valence-corrected chi connectivity index (χ0v) is 13.0. The second kappa shape index (κ2) is 6.56. The molecule has 2 aromatic carbocycles. The third kappa shape index (κ3) is 4.03. The average molecular weight is 328 g/mol. The van der Waals surface area contributed by atoms with E-state index >= 15 is 0 Å². The van der Waals surface area contributed by atoms with E-state index in [4.69, 9.17) is 11.6 Å². The Morgan fingerprint density at radius 1 is 1.14 bits per heavy atom. The Labute approximate surface area is 128 Å². The van der Waals surface area contributed by atoms with Gasteiger partial charge in [-0.1, -0.05) is 24.3 Å². The second-order valence-corrected chi connectivity index (χ2v) is 6.69. The molecule has 0 saturated heterocycles. The van der Waals surface area contributed by atoms with E-state index < -0.39 is 15.8 Å². The minimum Gasteiger partial charge on any atom is -0.207 e. The van der Waals surface area contributed by atoms with Crippen LogP contribution in [0.3, 0.4) is 0 Å². The van der Waals surface area contributed by atoms with Gasteiger partial charge < -0.3 is 0 Å². The largest absolute Gasteiger partial charge is 0.241 e. The van der Waals surface area contributed by atoms with E-state index in [0.29, 0.717) is 11.4 Å². The van der Waals surface area contributed by atoms with Crippen molar-refractivity contribution < 1.29 is 12.8 Å². The van der Waals surface area contributed by atoms with Crippen LogP contribution in [0.5, 0.6) is 0 Å². The zero-order valence-electron chi connectivity index (χ0n) is 11.4. The molecule has 0 unspecified atom stereocenters. The molecule has 0 spiro atoms. The van der Waals surface area contributed by atoms with Crippen molar-refractivity contribution in [1.82, 2.24) is 4.72 Å². The van der Waals surface area contributed by atoms with Crippen LogP contribution >= 0.6 is 11.6 Å². The number of benzene rings is 2. The minimum absolute atomic E-state index is 0.0809. The number of hydrogen-bond acceptors (Lipinski definition) is 2. The molecule has 0 radical (unpaired) electrons. The monoisotopic (exact) mass is 327 g/mol. The number of rotatable bonds is 5. The molecule has 0 bridgehead atoms. The van der Waals surface area contributed by atoms with Crippen LogP contribution in [0.15, 0.2) is 47.4 Å². The number of sulfonamides is 1. The van der Waals surface area contributed by atoms with Crippen LogP contribution in [0, 0.1) is 12.7 Å².